The zero-order valence-electron chi connectivity index (χ0n) is 13.2. The summed E-state index contributed by atoms with van der Waals surface area (Å²) in [6, 6.07) is 12.8. The van der Waals surface area contributed by atoms with Gasteiger partial charge in [0.2, 0.25) is 0 Å². The van der Waals surface area contributed by atoms with Crippen molar-refractivity contribution in [2.45, 2.75) is 25.8 Å². The summed E-state index contributed by atoms with van der Waals surface area (Å²) in [6.45, 7) is 2.13. The number of nitrogens with zero attached hydrogens (tertiary/aromatic N) is 1. The van der Waals surface area contributed by atoms with Gasteiger partial charge in [0.1, 0.15) is 11.6 Å². The van der Waals surface area contributed by atoms with Crippen LogP contribution in [0.1, 0.15) is 18.9 Å². The number of anilines is 2. The number of aryl methyl sites for hydroxylation is 1. The Hall–Kier alpha value is -2.14. The van der Waals surface area contributed by atoms with Crippen LogP contribution in [0.15, 0.2) is 42.5 Å². The van der Waals surface area contributed by atoms with E-state index >= 15 is 0 Å². The Morgan fingerprint density at radius 3 is 2.70 bits per heavy atom. The largest absolute Gasteiger partial charge is 0.497 e. The van der Waals surface area contributed by atoms with Crippen LogP contribution >= 0.6 is 12.2 Å². The molecule has 120 valence electrons. The van der Waals surface area contributed by atoms with Gasteiger partial charge in [-0.3, -0.25) is 0 Å². The maximum atomic E-state index is 13.5. The lowest BCUT2D eigenvalue weighted by Crippen LogP contribution is -2.44. The minimum Gasteiger partial charge on any atom is -0.497 e. The number of ether oxygens (including phenoxy) is 1. The van der Waals surface area contributed by atoms with Crippen molar-refractivity contribution in [3.8, 4) is 5.75 Å². The van der Waals surface area contributed by atoms with Gasteiger partial charge in [-0.15, -0.1) is 0 Å². The quantitative estimate of drug-likeness (QED) is 0.826. The first-order chi connectivity index (χ1) is 11.1. The third kappa shape index (κ3) is 3.29. The van der Waals surface area contributed by atoms with Crippen molar-refractivity contribution >= 4 is 28.7 Å². The Morgan fingerprint density at radius 2 is 2.00 bits per heavy atom. The minimum absolute atomic E-state index is 0.202. The number of hydrogen-bond acceptors (Lipinski definition) is 2. The molecule has 0 saturated carbocycles. The average molecular weight is 330 g/mol. The van der Waals surface area contributed by atoms with Crippen molar-refractivity contribution in [3.63, 3.8) is 0 Å². The molecule has 5 heteroatoms. The number of methoxy groups -OCH3 is 1. The molecule has 2 aromatic rings. The molecule has 1 N–H and O–H groups in total. The first-order valence-electron chi connectivity index (χ1n) is 7.61. The Morgan fingerprint density at radius 1 is 1.26 bits per heavy atom. The van der Waals surface area contributed by atoms with Crippen LogP contribution in [0, 0.1) is 5.82 Å². The van der Waals surface area contributed by atoms with Gasteiger partial charge >= 0.3 is 0 Å². The molecule has 0 radical (unpaired) electrons. The highest BCUT2D eigenvalue weighted by Gasteiger charge is 2.26. The molecule has 1 aliphatic heterocycles. The summed E-state index contributed by atoms with van der Waals surface area (Å²) in [4.78, 5) is 2.07. The van der Waals surface area contributed by atoms with Crippen LogP contribution in [0.5, 0.6) is 5.75 Å². The van der Waals surface area contributed by atoms with E-state index in [1.165, 1.54) is 6.07 Å². The maximum Gasteiger partial charge on any atom is 0.178 e. The molecule has 1 aliphatic rings. The third-order valence-electron chi connectivity index (χ3n) is 4.13. The molecule has 1 heterocycles. The molecule has 0 fully saturated rings. The van der Waals surface area contributed by atoms with E-state index in [0.29, 0.717) is 5.11 Å². The van der Waals surface area contributed by atoms with Gasteiger partial charge in [0.25, 0.3) is 0 Å². The van der Waals surface area contributed by atoms with Crippen LogP contribution in [0.25, 0.3) is 0 Å². The summed E-state index contributed by atoms with van der Waals surface area (Å²) >= 11 is 5.59. The van der Waals surface area contributed by atoms with Crippen molar-refractivity contribution in [3.05, 3.63) is 53.8 Å². The number of rotatable bonds is 2. The lowest BCUT2D eigenvalue weighted by Gasteiger charge is -2.37. The van der Waals surface area contributed by atoms with E-state index in [1.807, 2.05) is 30.3 Å². The van der Waals surface area contributed by atoms with E-state index < -0.39 is 0 Å². The molecular formula is C18H19FN2OS. The zero-order chi connectivity index (χ0) is 16.4. The normalized spacial score (nSPS) is 16.7. The lowest BCUT2D eigenvalue weighted by molar-refractivity contribution is 0.415. The van der Waals surface area contributed by atoms with E-state index in [1.54, 1.807) is 13.2 Å². The molecule has 0 aliphatic carbocycles. The summed E-state index contributed by atoms with van der Waals surface area (Å²) in [7, 11) is 1.64. The number of fused-ring (bicyclic) bond motifs is 1. The fourth-order valence-corrected chi connectivity index (χ4v) is 3.28. The SMILES string of the molecule is COc1ccc(NC(=S)N2c3ccc(F)cc3CCC2C)cc1. The van der Waals surface area contributed by atoms with Gasteiger partial charge in [0.15, 0.2) is 5.11 Å². The Labute approximate surface area is 141 Å². The van der Waals surface area contributed by atoms with Gasteiger partial charge in [0, 0.05) is 17.4 Å². The summed E-state index contributed by atoms with van der Waals surface area (Å²) in [5.41, 5.74) is 2.88. The summed E-state index contributed by atoms with van der Waals surface area (Å²) < 4.78 is 18.6. The molecule has 23 heavy (non-hydrogen) atoms. The zero-order valence-corrected chi connectivity index (χ0v) is 14.0. The second kappa shape index (κ2) is 6.54. The minimum atomic E-state index is -0.202. The molecule has 0 amide bonds. The average Bonchev–Trinajstić information content (AvgIpc) is 2.55. The Bertz CT molecular complexity index is 717. The van der Waals surface area contributed by atoms with Crippen LogP contribution in [-0.2, 0) is 6.42 Å². The topological polar surface area (TPSA) is 24.5 Å². The van der Waals surface area contributed by atoms with E-state index in [4.69, 9.17) is 17.0 Å². The van der Waals surface area contributed by atoms with Gasteiger partial charge in [0.05, 0.1) is 7.11 Å². The van der Waals surface area contributed by atoms with Gasteiger partial charge < -0.3 is 15.0 Å². The Kier molecular flexibility index (Phi) is 4.48. The first kappa shape index (κ1) is 15.7. The van der Waals surface area contributed by atoms with Gasteiger partial charge in [-0.1, -0.05) is 0 Å². The lowest BCUT2D eigenvalue weighted by atomic mass is 9.97. The number of thiocarbonyl (C=S) groups is 1. The fourth-order valence-electron chi connectivity index (χ4n) is 2.89. The third-order valence-corrected chi connectivity index (χ3v) is 4.43. The van der Waals surface area contributed by atoms with E-state index in [2.05, 4.69) is 17.1 Å². The highest BCUT2D eigenvalue weighted by molar-refractivity contribution is 7.80. The van der Waals surface area contributed by atoms with Gasteiger partial charge in [-0.25, -0.2) is 4.39 Å². The van der Waals surface area contributed by atoms with Crippen molar-refractivity contribution in [1.29, 1.82) is 0 Å². The molecule has 3 nitrogen and oxygen atoms in total. The summed E-state index contributed by atoms with van der Waals surface area (Å²) in [5.74, 6) is 0.598. The molecule has 3 rings (SSSR count). The van der Waals surface area contributed by atoms with E-state index in [9.17, 15) is 4.39 Å². The van der Waals surface area contributed by atoms with E-state index in [0.717, 1.165) is 35.5 Å². The summed E-state index contributed by atoms with van der Waals surface area (Å²) in [5, 5.41) is 3.88. The number of benzene rings is 2. The first-order valence-corrected chi connectivity index (χ1v) is 8.02. The highest BCUT2D eigenvalue weighted by Crippen LogP contribution is 2.32. The van der Waals surface area contributed by atoms with Crippen molar-refractivity contribution in [1.82, 2.24) is 0 Å². The van der Waals surface area contributed by atoms with Crippen LogP contribution in [-0.4, -0.2) is 18.3 Å². The molecule has 1 unspecified atom stereocenters. The number of halogens is 1. The van der Waals surface area contributed by atoms with Crippen molar-refractivity contribution < 1.29 is 9.13 Å². The second-order valence-corrected chi connectivity index (χ2v) is 6.08. The summed E-state index contributed by atoms with van der Waals surface area (Å²) in [6.07, 6.45) is 1.82. The highest BCUT2D eigenvalue weighted by atomic mass is 32.1. The smallest absolute Gasteiger partial charge is 0.178 e. The van der Waals surface area contributed by atoms with E-state index in [-0.39, 0.29) is 11.9 Å². The second-order valence-electron chi connectivity index (χ2n) is 5.69. The molecule has 0 spiro atoms. The van der Waals surface area contributed by atoms with Crippen LogP contribution in [0.3, 0.4) is 0 Å². The fraction of sp³-hybridized carbons (Fsp3) is 0.278. The van der Waals surface area contributed by atoms with Crippen molar-refractivity contribution in [2.24, 2.45) is 0 Å². The molecule has 2 aromatic carbocycles. The standard InChI is InChI=1S/C18H19FN2OS/c1-12-3-4-13-11-14(19)5-10-17(13)21(12)18(23)20-15-6-8-16(22-2)9-7-15/h5-12H,3-4H2,1-2H3,(H,20,23). The van der Waals surface area contributed by atoms with Gasteiger partial charge in [-0.05, 0) is 80.0 Å². The molecule has 1 atom stereocenters. The molecule has 0 bridgehead atoms. The van der Waals surface area contributed by atoms with Crippen LogP contribution in [0.2, 0.25) is 0 Å². The van der Waals surface area contributed by atoms with Gasteiger partial charge in [-0.2, -0.15) is 0 Å². The van der Waals surface area contributed by atoms with Crippen molar-refractivity contribution in [2.75, 3.05) is 17.3 Å². The monoisotopic (exact) mass is 330 g/mol. The van der Waals surface area contributed by atoms with Crippen LogP contribution < -0.4 is 15.0 Å². The number of nitrogens with one attached hydrogen (secondary N) is 1. The molecule has 0 aromatic heterocycles. The maximum absolute atomic E-state index is 13.5. The molecule has 0 saturated heterocycles. The predicted molar refractivity (Wildman–Crippen MR) is 95.9 cm³/mol. The number of hydrogen-bond donors (Lipinski definition) is 1. The molecular weight excluding hydrogens is 311 g/mol. The van der Waals surface area contributed by atoms with Crippen LogP contribution in [0.4, 0.5) is 15.8 Å². The predicted octanol–water partition coefficient (Wildman–Crippen LogP) is 4.37. The Balaban J connectivity index is 1.83.